The molecule has 0 aromatic rings. The molecule has 1 rings (SSSR count). The summed E-state index contributed by atoms with van der Waals surface area (Å²) in [4.78, 5) is 35.8. The van der Waals surface area contributed by atoms with Crippen molar-refractivity contribution in [3.05, 3.63) is 36.5 Å². The molecule has 13 nitrogen and oxygen atoms in total. The van der Waals surface area contributed by atoms with Crippen molar-refractivity contribution in [2.24, 2.45) is 0 Å². The van der Waals surface area contributed by atoms with Crippen LogP contribution < -0.4 is 0 Å². The van der Waals surface area contributed by atoms with Gasteiger partial charge in [0.05, 0.1) is 6.61 Å². The molecule has 1 fully saturated rings. The molecule has 1 aliphatic rings. The number of unbranched alkanes of at least 4 members (excludes halogenated alkanes) is 27. The number of esters is 2. The van der Waals surface area contributed by atoms with Crippen LogP contribution in [0.1, 0.15) is 232 Å². The second kappa shape index (κ2) is 42.9. The fraction of sp³-hybridized carbons (Fsp3) is 0.849. The first-order valence-electron chi connectivity index (χ1n) is 26.8. The number of allylic oxidation sites excluding steroid dienone is 6. The second-order valence-corrected chi connectivity index (χ2v) is 20.1. The smallest absolute Gasteiger partial charge is 0.462 e. The van der Waals surface area contributed by atoms with Crippen molar-refractivity contribution in [2.75, 3.05) is 13.2 Å². The zero-order valence-electron chi connectivity index (χ0n) is 41.9. The van der Waals surface area contributed by atoms with E-state index in [2.05, 4.69) is 32.1 Å². The summed E-state index contributed by atoms with van der Waals surface area (Å²) >= 11 is 0. The lowest BCUT2D eigenvalue weighted by atomic mass is 9.85. The number of rotatable bonds is 45. The highest BCUT2D eigenvalue weighted by atomic mass is 31.2. The lowest BCUT2D eigenvalue weighted by Crippen LogP contribution is -2.64. The average Bonchev–Trinajstić information content (AvgIpc) is 3.31. The van der Waals surface area contributed by atoms with Gasteiger partial charge in [0.15, 0.2) is 6.10 Å². The van der Waals surface area contributed by atoms with Crippen LogP contribution in [-0.2, 0) is 32.7 Å². The Morgan fingerprint density at radius 1 is 0.448 bits per heavy atom. The van der Waals surface area contributed by atoms with Crippen LogP contribution >= 0.6 is 7.82 Å². The monoisotopic (exact) mass is 973 g/mol. The van der Waals surface area contributed by atoms with Crippen LogP contribution in [0.4, 0.5) is 0 Å². The van der Waals surface area contributed by atoms with E-state index in [-0.39, 0.29) is 12.8 Å². The maximum atomic E-state index is 12.8. The van der Waals surface area contributed by atoms with Crippen molar-refractivity contribution in [3.63, 3.8) is 0 Å². The number of phosphoric acid groups is 1. The van der Waals surface area contributed by atoms with Gasteiger partial charge in [0.2, 0.25) is 0 Å². The predicted molar refractivity (Wildman–Crippen MR) is 267 cm³/mol. The number of phosphoric ester groups is 1. The SMILES string of the molecule is CCCCCCCCCCCCC/C=C/CCC(=O)O[C@@H](COC(=O)CCC/C=C/CC/C=C/CCCCCCCCCCCCCCCC)COP(=O)(O)OC1C(O)C(O)C(O)[C@H](O)C1O. The molecule has 0 aromatic heterocycles. The van der Waals surface area contributed by atoms with Gasteiger partial charge in [0.1, 0.15) is 43.2 Å². The Balaban J connectivity index is 2.39. The van der Waals surface area contributed by atoms with Gasteiger partial charge in [-0.05, 0) is 57.8 Å². The van der Waals surface area contributed by atoms with Crippen LogP contribution in [0.3, 0.4) is 0 Å². The van der Waals surface area contributed by atoms with Gasteiger partial charge in [-0.2, -0.15) is 0 Å². The zero-order valence-corrected chi connectivity index (χ0v) is 42.8. The maximum absolute atomic E-state index is 12.8. The molecule has 0 spiro atoms. The van der Waals surface area contributed by atoms with Gasteiger partial charge >= 0.3 is 19.8 Å². The molecule has 0 heterocycles. The van der Waals surface area contributed by atoms with E-state index in [9.17, 15) is 44.6 Å². The molecule has 0 aliphatic heterocycles. The molecule has 8 atom stereocenters. The minimum absolute atomic E-state index is 0.00663. The van der Waals surface area contributed by atoms with E-state index in [4.69, 9.17) is 18.5 Å². The van der Waals surface area contributed by atoms with E-state index in [0.29, 0.717) is 19.3 Å². The first kappa shape index (κ1) is 63.1. The summed E-state index contributed by atoms with van der Waals surface area (Å²) in [7, 11) is -5.14. The average molecular weight is 973 g/mol. The van der Waals surface area contributed by atoms with E-state index >= 15 is 0 Å². The van der Waals surface area contributed by atoms with Gasteiger partial charge in [-0.15, -0.1) is 0 Å². The van der Waals surface area contributed by atoms with Gasteiger partial charge in [-0.3, -0.25) is 18.6 Å². The molecule has 0 aromatic carbocycles. The summed E-state index contributed by atoms with van der Waals surface area (Å²) in [6, 6.07) is 0. The number of hydrogen-bond acceptors (Lipinski definition) is 12. The van der Waals surface area contributed by atoms with Gasteiger partial charge in [0, 0.05) is 12.8 Å². The van der Waals surface area contributed by atoms with E-state index < -0.39 is 75.7 Å². The normalized spacial score (nSPS) is 21.4. The third-order valence-electron chi connectivity index (χ3n) is 12.4. The second-order valence-electron chi connectivity index (χ2n) is 18.7. The fourth-order valence-electron chi connectivity index (χ4n) is 8.15. The Morgan fingerprint density at radius 3 is 1.24 bits per heavy atom. The predicted octanol–water partition coefficient (Wildman–Crippen LogP) is 11.7. The van der Waals surface area contributed by atoms with Crippen LogP contribution in [-0.4, -0.2) is 98.3 Å². The Kier molecular flexibility index (Phi) is 40.4. The Bertz CT molecular complexity index is 1310. The van der Waals surface area contributed by atoms with E-state index in [1.807, 2.05) is 18.2 Å². The minimum atomic E-state index is -5.14. The quantitative estimate of drug-likeness (QED) is 0.0145. The van der Waals surface area contributed by atoms with Crippen molar-refractivity contribution >= 4 is 19.8 Å². The summed E-state index contributed by atoms with van der Waals surface area (Å²) in [5, 5.41) is 50.2. The number of ether oxygens (including phenoxy) is 2. The highest BCUT2D eigenvalue weighted by Gasteiger charge is 2.51. The van der Waals surface area contributed by atoms with Crippen molar-refractivity contribution in [1.29, 1.82) is 0 Å². The van der Waals surface area contributed by atoms with Crippen LogP contribution in [0.2, 0.25) is 0 Å². The highest BCUT2D eigenvalue weighted by Crippen LogP contribution is 2.47. The van der Waals surface area contributed by atoms with Crippen LogP contribution in [0.25, 0.3) is 0 Å². The Morgan fingerprint density at radius 2 is 0.806 bits per heavy atom. The number of hydrogen-bond donors (Lipinski definition) is 6. The lowest BCUT2D eigenvalue weighted by Gasteiger charge is -2.41. The van der Waals surface area contributed by atoms with E-state index in [1.54, 1.807) is 0 Å². The van der Waals surface area contributed by atoms with Crippen LogP contribution in [0.5, 0.6) is 0 Å². The summed E-state index contributed by atoms with van der Waals surface area (Å²) in [6.07, 6.45) is 38.0. The molecule has 1 aliphatic carbocycles. The third kappa shape index (κ3) is 34.9. The van der Waals surface area contributed by atoms with Gasteiger partial charge in [0.25, 0.3) is 0 Å². The fourth-order valence-corrected chi connectivity index (χ4v) is 9.12. The summed E-state index contributed by atoms with van der Waals surface area (Å²) in [5.41, 5.74) is 0. The summed E-state index contributed by atoms with van der Waals surface area (Å²) in [5.74, 6) is -1.20. The van der Waals surface area contributed by atoms with Crippen LogP contribution in [0.15, 0.2) is 36.5 Å². The molecule has 392 valence electrons. The van der Waals surface area contributed by atoms with Crippen molar-refractivity contribution < 1.29 is 63.1 Å². The molecule has 67 heavy (non-hydrogen) atoms. The first-order chi connectivity index (χ1) is 32.4. The number of aliphatic hydroxyl groups excluding tert-OH is 5. The number of carbonyl (C=O) groups excluding carboxylic acids is 2. The third-order valence-corrected chi connectivity index (χ3v) is 13.4. The summed E-state index contributed by atoms with van der Waals surface area (Å²) in [6.45, 7) is 3.27. The van der Waals surface area contributed by atoms with Gasteiger partial charge in [-0.1, -0.05) is 198 Å². The first-order valence-corrected chi connectivity index (χ1v) is 28.3. The van der Waals surface area contributed by atoms with Crippen molar-refractivity contribution in [1.82, 2.24) is 0 Å². The largest absolute Gasteiger partial charge is 0.472 e. The number of carbonyl (C=O) groups is 2. The molecular weight excluding hydrogens is 876 g/mol. The molecule has 6 unspecified atom stereocenters. The van der Waals surface area contributed by atoms with Crippen molar-refractivity contribution in [3.8, 4) is 0 Å². The van der Waals surface area contributed by atoms with Crippen molar-refractivity contribution in [2.45, 2.75) is 275 Å². The molecule has 0 radical (unpaired) electrons. The van der Waals surface area contributed by atoms with Gasteiger partial charge < -0.3 is 39.9 Å². The zero-order chi connectivity index (χ0) is 49.2. The van der Waals surface area contributed by atoms with E-state index in [0.717, 1.165) is 38.5 Å². The van der Waals surface area contributed by atoms with Gasteiger partial charge in [-0.25, -0.2) is 4.57 Å². The minimum Gasteiger partial charge on any atom is -0.462 e. The lowest BCUT2D eigenvalue weighted by molar-refractivity contribution is -0.220. The molecule has 0 amide bonds. The summed E-state index contributed by atoms with van der Waals surface area (Å²) < 4.78 is 33.5. The molecule has 0 saturated heterocycles. The molecule has 0 bridgehead atoms. The topological polar surface area (TPSA) is 210 Å². The Labute approximate surface area is 406 Å². The van der Waals surface area contributed by atoms with E-state index in [1.165, 1.54) is 148 Å². The molecule has 6 N–H and O–H groups in total. The van der Waals surface area contributed by atoms with Crippen LogP contribution in [0, 0.1) is 0 Å². The maximum Gasteiger partial charge on any atom is 0.472 e. The molecule has 1 saturated carbocycles. The standard InChI is InChI=1S/C53H97O13P/c1-3-5-7-9-11-13-15-17-19-20-21-22-23-24-25-26-28-29-31-33-35-37-39-41-46(54)63-43-45(44-64-67(61,62)66-53-51(59)49(57)48(56)50(58)52(53)60)65-47(55)42-40-38-36-34-32-30-27-18-16-14-12-10-8-6-4-2/h26,28,33,35-36,38,45,48-53,56-60H,3-25,27,29-32,34,37,39-44H2,1-2H3,(H,61,62)/b28-26+,35-33+,38-36+/t45-,48?,49-,50?,51?,52?,53?/m0/s1. The molecule has 14 heteroatoms. The number of aliphatic hydroxyl groups is 5. The Hall–Kier alpha value is -1.93. The highest BCUT2D eigenvalue weighted by molar-refractivity contribution is 7.47. The molecular formula is C53H97O13P.